The quantitative estimate of drug-likeness (QED) is 0.716. The van der Waals surface area contributed by atoms with Gasteiger partial charge in [0, 0.05) is 23.4 Å². The molecule has 0 aliphatic rings. The highest BCUT2D eigenvalue weighted by Crippen LogP contribution is 2.30. The molecule has 21 heavy (non-hydrogen) atoms. The van der Waals surface area contributed by atoms with E-state index in [2.05, 4.69) is 15.3 Å². The third kappa shape index (κ3) is 3.06. The van der Waals surface area contributed by atoms with E-state index in [4.69, 9.17) is 9.47 Å². The van der Waals surface area contributed by atoms with Gasteiger partial charge in [-0.25, -0.2) is 9.97 Å². The summed E-state index contributed by atoms with van der Waals surface area (Å²) < 4.78 is 10.6. The SMILES string of the molecule is COc1ccc(Cc2nc(-c3nccs3)cs2)cc1OC. The molecule has 0 atom stereocenters. The molecule has 0 radical (unpaired) electrons. The van der Waals surface area contributed by atoms with Gasteiger partial charge in [-0.15, -0.1) is 22.7 Å². The van der Waals surface area contributed by atoms with E-state index in [0.29, 0.717) is 0 Å². The molecule has 0 aliphatic heterocycles. The van der Waals surface area contributed by atoms with Crippen LogP contribution in [0.25, 0.3) is 10.7 Å². The summed E-state index contributed by atoms with van der Waals surface area (Å²) in [7, 11) is 3.28. The molecule has 0 bridgehead atoms. The number of aromatic nitrogens is 2. The van der Waals surface area contributed by atoms with Gasteiger partial charge in [0.1, 0.15) is 10.7 Å². The number of thiazole rings is 2. The molecule has 108 valence electrons. The summed E-state index contributed by atoms with van der Waals surface area (Å²) in [6.45, 7) is 0. The lowest BCUT2D eigenvalue weighted by atomic mass is 10.1. The summed E-state index contributed by atoms with van der Waals surface area (Å²) in [6, 6.07) is 5.94. The fourth-order valence-corrected chi connectivity index (χ4v) is 3.49. The van der Waals surface area contributed by atoms with E-state index in [1.54, 1.807) is 43.1 Å². The maximum atomic E-state index is 5.33. The van der Waals surface area contributed by atoms with Crippen LogP contribution in [0.3, 0.4) is 0 Å². The van der Waals surface area contributed by atoms with Crippen LogP contribution in [0.15, 0.2) is 35.2 Å². The Balaban J connectivity index is 1.81. The molecule has 6 heteroatoms. The van der Waals surface area contributed by atoms with E-state index in [1.165, 1.54) is 0 Å². The molecular weight excluding hydrogens is 304 g/mol. The largest absolute Gasteiger partial charge is 0.493 e. The zero-order valence-electron chi connectivity index (χ0n) is 11.7. The number of nitrogens with zero attached hydrogens (tertiary/aromatic N) is 2. The fraction of sp³-hybridized carbons (Fsp3) is 0.200. The minimum Gasteiger partial charge on any atom is -0.493 e. The molecule has 2 heterocycles. The number of hydrogen-bond acceptors (Lipinski definition) is 6. The van der Waals surface area contributed by atoms with Gasteiger partial charge in [0.25, 0.3) is 0 Å². The van der Waals surface area contributed by atoms with Crippen LogP contribution in [0.2, 0.25) is 0 Å². The van der Waals surface area contributed by atoms with Crippen molar-refractivity contribution in [3.05, 3.63) is 45.7 Å². The molecule has 3 aromatic rings. The predicted octanol–water partition coefficient (Wildman–Crippen LogP) is 3.87. The van der Waals surface area contributed by atoms with Gasteiger partial charge in [-0.05, 0) is 17.7 Å². The monoisotopic (exact) mass is 318 g/mol. The van der Waals surface area contributed by atoms with E-state index in [0.717, 1.165) is 39.2 Å². The summed E-state index contributed by atoms with van der Waals surface area (Å²) in [4.78, 5) is 8.92. The zero-order chi connectivity index (χ0) is 14.7. The topological polar surface area (TPSA) is 44.2 Å². The molecule has 0 saturated heterocycles. The molecule has 2 aromatic heterocycles. The van der Waals surface area contributed by atoms with Gasteiger partial charge in [0.2, 0.25) is 0 Å². The Morgan fingerprint density at radius 1 is 1.10 bits per heavy atom. The van der Waals surface area contributed by atoms with Crippen molar-refractivity contribution in [3.63, 3.8) is 0 Å². The van der Waals surface area contributed by atoms with Gasteiger partial charge in [0.15, 0.2) is 11.5 Å². The molecule has 0 N–H and O–H groups in total. The van der Waals surface area contributed by atoms with Crippen molar-refractivity contribution in [2.75, 3.05) is 14.2 Å². The van der Waals surface area contributed by atoms with Crippen molar-refractivity contribution in [3.8, 4) is 22.2 Å². The number of benzene rings is 1. The van der Waals surface area contributed by atoms with Gasteiger partial charge in [-0.2, -0.15) is 0 Å². The average molecular weight is 318 g/mol. The summed E-state index contributed by atoms with van der Waals surface area (Å²) >= 11 is 3.25. The molecule has 0 saturated carbocycles. The molecule has 0 amide bonds. The van der Waals surface area contributed by atoms with E-state index >= 15 is 0 Å². The van der Waals surface area contributed by atoms with Crippen molar-refractivity contribution in [1.29, 1.82) is 0 Å². The fourth-order valence-electron chi connectivity index (χ4n) is 2.01. The Morgan fingerprint density at radius 3 is 2.67 bits per heavy atom. The molecule has 4 nitrogen and oxygen atoms in total. The first-order chi connectivity index (χ1) is 10.3. The molecule has 1 aromatic carbocycles. The second-order valence-corrected chi connectivity index (χ2v) is 6.17. The summed E-state index contributed by atoms with van der Waals surface area (Å²) in [5.41, 5.74) is 2.10. The lowest BCUT2D eigenvalue weighted by Gasteiger charge is -2.08. The third-order valence-corrected chi connectivity index (χ3v) is 4.65. The average Bonchev–Trinajstić information content (AvgIpc) is 3.17. The van der Waals surface area contributed by atoms with Crippen LogP contribution in [0.4, 0.5) is 0 Å². The van der Waals surface area contributed by atoms with Crippen molar-refractivity contribution >= 4 is 22.7 Å². The molecule has 0 fully saturated rings. The minimum atomic E-state index is 0.740. The van der Waals surface area contributed by atoms with Crippen LogP contribution in [0.1, 0.15) is 10.6 Å². The van der Waals surface area contributed by atoms with Gasteiger partial charge in [0.05, 0.1) is 19.2 Å². The van der Waals surface area contributed by atoms with Gasteiger partial charge in [-0.1, -0.05) is 6.07 Å². The maximum absolute atomic E-state index is 5.33. The Morgan fingerprint density at radius 2 is 1.95 bits per heavy atom. The Labute approximate surface area is 131 Å². The standard InChI is InChI=1S/C15H14N2O2S2/c1-18-12-4-3-10(7-13(12)19-2)8-14-17-11(9-21-14)15-16-5-6-20-15/h3-7,9H,8H2,1-2H3. The molecule has 0 spiro atoms. The van der Waals surface area contributed by atoms with Gasteiger partial charge >= 0.3 is 0 Å². The smallest absolute Gasteiger partial charge is 0.160 e. The van der Waals surface area contributed by atoms with Gasteiger partial charge in [-0.3, -0.25) is 0 Å². The second-order valence-electron chi connectivity index (χ2n) is 4.33. The lowest BCUT2D eigenvalue weighted by molar-refractivity contribution is 0.354. The number of rotatable bonds is 5. The van der Waals surface area contributed by atoms with Crippen molar-refractivity contribution in [2.45, 2.75) is 6.42 Å². The summed E-state index contributed by atoms with van der Waals surface area (Å²) in [5.74, 6) is 1.48. The molecular formula is C15H14N2O2S2. The Kier molecular flexibility index (Phi) is 4.17. The minimum absolute atomic E-state index is 0.740. The molecule has 0 unspecified atom stereocenters. The number of hydrogen-bond donors (Lipinski definition) is 0. The van der Waals surface area contributed by atoms with Crippen molar-refractivity contribution in [2.24, 2.45) is 0 Å². The summed E-state index contributed by atoms with van der Waals surface area (Å²) in [6.07, 6.45) is 2.57. The van der Waals surface area contributed by atoms with Crippen LogP contribution in [0.5, 0.6) is 11.5 Å². The molecule has 3 rings (SSSR count). The first kappa shape index (κ1) is 14.0. The van der Waals surface area contributed by atoms with Gasteiger partial charge < -0.3 is 9.47 Å². The number of ether oxygens (including phenoxy) is 2. The highest BCUT2D eigenvalue weighted by Gasteiger charge is 2.09. The molecule has 0 aliphatic carbocycles. The van der Waals surface area contributed by atoms with Crippen LogP contribution >= 0.6 is 22.7 Å². The van der Waals surface area contributed by atoms with Crippen molar-refractivity contribution < 1.29 is 9.47 Å². The van der Waals surface area contributed by atoms with E-state index in [-0.39, 0.29) is 0 Å². The van der Waals surface area contributed by atoms with Crippen molar-refractivity contribution in [1.82, 2.24) is 9.97 Å². The van der Waals surface area contributed by atoms with Crippen LogP contribution in [-0.2, 0) is 6.42 Å². The second kappa shape index (κ2) is 6.24. The highest BCUT2D eigenvalue weighted by molar-refractivity contribution is 7.14. The van der Waals surface area contributed by atoms with E-state index in [1.807, 2.05) is 23.6 Å². The van der Waals surface area contributed by atoms with Crippen LogP contribution in [0, 0.1) is 0 Å². The van der Waals surface area contributed by atoms with Crippen LogP contribution < -0.4 is 9.47 Å². The number of methoxy groups -OCH3 is 2. The normalized spacial score (nSPS) is 10.6. The first-order valence-electron chi connectivity index (χ1n) is 6.35. The summed E-state index contributed by atoms with van der Waals surface area (Å²) in [5, 5.41) is 6.04. The zero-order valence-corrected chi connectivity index (χ0v) is 13.3. The van der Waals surface area contributed by atoms with Crippen LogP contribution in [-0.4, -0.2) is 24.2 Å². The highest BCUT2D eigenvalue weighted by atomic mass is 32.1. The third-order valence-electron chi connectivity index (χ3n) is 3.01. The predicted molar refractivity (Wildman–Crippen MR) is 85.6 cm³/mol. The van der Waals surface area contributed by atoms with E-state index in [9.17, 15) is 0 Å². The maximum Gasteiger partial charge on any atom is 0.160 e. The Hall–Kier alpha value is -1.92. The Bertz CT molecular complexity index is 723. The van der Waals surface area contributed by atoms with E-state index < -0.39 is 0 Å². The first-order valence-corrected chi connectivity index (χ1v) is 8.11. The lowest BCUT2D eigenvalue weighted by Crippen LogP contribution is -1.93.